The van der Waals surface area contributed by atoms with E-state index in [1.807, 2.05) is 0 Å². The number of hydrogen-bond acceptors (Lipinski definition) is 8. The van der Waals surface area contributed by atoms with Gasteiger partial charge in [-0.1, -0.05) is 12.8 Å². The maximum atomic E-state index is 13.4. The Balaban J connectivity index is 1.32. The zero-order chi connectivity index (χ0) is 26.2. The maximum Gasteiger partial charge on any atom is 0.206 e. The summed E-state index contributed by atoms with van der Waals surface area (Å²) >= 11 is 0. The smallest absolute Gasteiger partial charge is 0.206 e. The van der Waals surface area contributed by atoms with Gasteiger partial charge in [0.15, 0.2) is 34.7 Å². The van der Waals surface area contributed by atoms with Crippen LogP contribution < -0.4 is 0 Å². The van der Waals surface area contributed by atoms with Crippen LogP contribution in [0.15, 0.2) is 46.2 Å². The van der Waals surface area contributed by atoms with E-state index >= 15 is 0 Å². The lowest BCUT2D eigenvalue weighted by atomic mass is 9.76. The highest BCUT2D eigenvalue weighted by atomic mass is 32.2. The Morgan fingerprint density at radius 3 is 1.24 bits per heavy atom. The molecular weight excluding hydrogens is 496 g/mol. The number of ketones is 6. The van der Waals surface area contributed by atoms with Crippen LogP contribution in [0.2, 0.25) is 0 Å². The summed E-state index contributed by atoms with van der Waals surface area (Å²) in [5.74, 6) is -6.90. The SMILES string of the molecule is O=C1c2ccc(S(=O)(=O)c3ccc4c(c3)C(=O)C(C(=O)C3CCC3)C4=O)cc2C(=O)C1C(=O)C1CCC1. The first-order valence-corrected chi connectivity index (χ1v) is 13.9. The molecule has 2 atom stereocenters. The minimum atomic E-state index is -4.26. The first-order valence-electron chi connectivity index (χ1n) is 12.4. The van der Waals surface area contributed by atoms with Crippen molar-refractivity contribution in [3.8, 4) is 0 Å². The standard InChI is InChI=1S/C28H22O8S/c29-23(13-3-1-4-13)21-25(31)17-9-7-15(11-19(17)27(21)33)37(35,36)16-8-10-18-20(12-16)28(34)22(26(18)32)24(30)14-5-2-6-14/h7-14,21-22H,1-6H2. The summed E-state index contributed by atoms with van der Waals surface area (Å²) in [6.45, 7) is 0. The molecule has 8 nitrogen and oxygen atoms in total. The molecule has 4 aliphatic carbocycles. The van der Waals surface area contributed by atoms with E-state index < -0.39 is 56.4 Å². The summed E-state index contributed by atoms with van der Waals surface area (Å²) in [4.78, 5) is 76.3. The molecule has 6 rings (SSSR count). The number of carbonyl (C=O) groups excluding carboxylic acids is 6. The number of carbonyl (C=O) groups is 6. The third kappa shape index (κ3) is 3.36. The van der Waals surface area contributed by atoms with Crippen molar-refractivity contribution in [3.63, 3.8) is 0 Å². The normalized spacial score (nSPS) is 23.5. The Labute approximate surface area is 212 Å². The fourth-order valence-electron chi connectivity index (χ4n) is 5.59. The molecule has 2 aromatic rings. The predicted molar refractivity (Wildman–Crippen MR) is 127 cm³/mol. The van der Waals surface area contributed by atoms with E-state index in [9.17, 15) is 37.2 Å². The van der Waals surface area contributed by atoms with Crippen molar-refractivity contribution < 1.29 is 37.2 Å². The van der Waals surface area contributed by atoms with E-state index in [0.29, 0.717) is 25.7 Å². The minimum absolute atomic E-state index is 0.0219. The summed E-state index contributed by atoms with van der Waals surface area (Å²) in [5, 5.41) is 0. The van der Waals surface area contributed by atoms with Gasteiger partial charge in [0.1, 0.15) is 11.8 Å². The van der Waals surface area contributed by atoms with Crippen LogP contribution in [0.25, 0.3) is 0 Å². The van der Waals surface area contributed by atoms with Crippen LogP contribution in [0.1, 0.15) is 80.0 Å². The van der Waals surface area contributed by atoms with Crippen molar-refractivity contribution in [2.45, 2.75) is 48.3 Å². The molecule has 0 radical (unpaired) electrons. The molecule has 0 amide bonds. The lowest BCUT2D eigenvalue weighted by Gasteiger charge is -2.25. The van der Waals surface area contributed by atoms with Crippen LogP contribution in [-0.4, -0.2) is 43.1 Å². The average molecular weight is 519 g/mol. The van der Waals surface area contributed by atoms with E-state index in [2.05, 4.69) is 0 Å². The second kappa shape index (κ2) is 8.21. The second-order valence-electron chi connectivity index (χ2n) is 10.3. The van der Waals surface area contributed by atoms with Gasteiger partial charge in [-0.25, -0.2) is 8.42 Å². The van der Waals surface area contributed by atoms with Crippen LogP contribution in [0.5, 0.6) is 0 Å². The Hall–Kier alpha value is -3.59. The Morgan fingerprint density at radius 2 is 0.919 bits per heavy atom. The molecule has 0 aliphatic heterocycles. The number of hydrogen-bond donors (Lipinski definition) is 0. The van der Waals surface area contributed by atoms with Gasteiger partial charge in [-0.3, -0.25) is 28.8 Å². The summed E-state index contributed by atoms with van der Waals surface area (Å²) in [5.41, 5.74) is -0.174. The highest BCUT2D eigenvalue weighted by Crippen LogP contribution is 2.39. The van der Waals surface area contributed by atoms with Gasteiger partial charge >= 0.3 is 0 Å². The van der Waals surface area contributed by atoms with Crippen LogP contribution in [0, 0.1) is 23.7 Å². The molecule has 0 bridgehead atoms. The van der Waals surface area contributed by atoms with E-state index in [-0.39, 0.29) is 43.9 Å². The third-order valence-corrected chi connectivity index (χ3v) is 10.0. The monoisotopic (exact) mass is 518 g/mol. The molecule has 2 unspecified atom stereocenters. The average Bonchev–Trinajstić information content (AvgIpc) is 3.20. The molecule has 2 saturated carbocycles. The van der Waals surface area contributed by atoms with Crippen LogP contribution >= 0.6 is 0 Å². The summed E-state index contributed by atoms with van der Waals surface area (Å²) < 4.78 is 26.9. The Bertz CT molecular complexity index is 1460. The van der Waals surface area contributed by atoms with E-state index in [4.69, 9.17) is 0 Å². The Kier molecular flexibility index (Phi) is 5.28. The second-order valence-corrected chi connectivity index (χ2v) is 12.3. The van der Waals surface area contributed by atoms with Crippen molar-refractivity contribution in [2.24, 2.45) is 23.7 Å². The fourth-order valence-corrected chi connectivity index (χ4v) is 6.90. The molecule has 2 aromatic carbocycles. The molecule has 0 heterocycles. The van der Waals surface area contributed by atoms with Gasteiger partial charge in [0.05, 0.1) is 9.79 Å². The van der Waals surface area contributed by atoms with Gasteiger partial charge in [0.2, 0.25) is 9.84 Å². The maximum absolute atomic E-state index is 13.4. The molecule has 0 aromatic heterocycles. The fraction of sp³-hybridized carbons (Fsp3) is 0.357. The molecule has 188 valence electrons. The van der Waals surface area contributed by atoms with Gasteiger partial charge in [-0.2, -0.15) is 0 Å². The van der Waals surface area contributed by atoms with E-state index in [1.54, 1.807) is 0 Å². The van der Waals surface area contributed by atoms with Gasteiger partial charge in [0, 0.05) is 34.1 Å². The molecule has 0 spiro atoms. The van der Waals surface area contributed by atoms with Gasteiger partial charge in [0.25, 0.3) is 0 Å². The van der Waals surface area contributed by atoms with Crippen LogP contribution in [0.4, 0.5) is 0 Å². The highest BCUT2D eigenvalue weighted by molar-refractivity contribution is 7.91. The van der Waals surface area contributed by atoms with Crippen molar-refractivity contribution in [2.75, 3.05) is 0 Å². The lowest BCUT2D eigenvalue weighted by molar-refractivity contribution is -0.127. The molecule has 2 fully saturated rings. The topological polar surface area (TPSA) is 137 Å². The molecule has 37 heavy (non-hydrogen) atoms. The van der Waals surface area contributed by atoms with Crippen molar-refractivity contribution >= 4 is 44.5 Å². The zero-order valence-corrected chi connectivity index (χ0v) is 20.5. The molecule has 4 aliphatic rings. The van der Waals surface area contributed by atoms with Gasteiger partial charge in [-0.05, 0) is 62.1 Å². The number of sulfone groups is 1. The van der Waals surface area contributed by atoms with Crippen molar-refractivity contribution in [1.82, 2.24) is 0 Å². The van der Waals surface area contributed by atoms with Gasteiger partial charge in [-0.15, -0.1) is 0 Å². The largest absolute Gasteiger partial charge is 0.298 e. The highest BCUT2D eigenvalue weighted by Gasteiger charge is 2.48. The summed E-state index contributed by atoms with van der Waals surface area (Å²) in [7, 11) is -4.26. The molecular formula is C28H22O8S. The number of fused-ring (bicyclic) bond motifs is 2. The lowest BCUT2D eigenvalue weighted by Crippen LogP contribution is -2.34. The van der Waals surface area contributed by atoms with Crippen molar-refractivity contribution in [1.29, 1.82) is 0 Å². The van der Waals surface area contributed by atoms with Crippen molar-refractivity contribution in [3.05, 3.63) is 58.7 Å². The number of Topliss-reactive ketones (excluding diaryl/α,β-unsaturated/α-hetero) is 6. The summed E-state index contributed by atoms with van der Waals surface area (Å²) in [6, 6.07) is 7.07. The van der Waals surface area contributed by atoms with Gasteiger partial charge < -0.3 is 0 Å². The predicted octanol–water partition coefficient (Wildman–Crippen LogP) is 3.25. The first kappa shape index (κ1) is 23.8. The first-order chi connectivity index (χ1) is 17.6. The Morgan fingerprint density at radius 1 is 0.568 bits per heavy atom. The van der Waals surface area contributed by atoms with E-state index in [0.717, 1.165) is 25.0 Å². The minimum Gasteiger partial charge on any atom is -0.298 e. The summed E-state index contributed by atoms with van der Waals surface area (Å²) in [6.07, 6.45) is 4.28. The molecule has 0 saturated heterocycles. The zero-order valence-electron chi connectivity index (χ0n) is 19.7. The van der Waals surface area contributed by atoms with Crippen LogP contribution in [0.3, 0.4) is 0 Å². The molecule has 0 N–H and O–H groups in total. The van der Waals surface area contributed by atoms with E-state index in [1.165, 1.54) is 24.3 Å². The number of rotatable bonds is 6. The molecule has 9 heteroatoms. The third-order valence-electron chi connectivity index (χ3n) is 8.30. The number of benzene rings is 2. The van der Waals surface area contributed by atoms with Crippen LogP contribution in [-0.2, 0) is 19.4 Å². The quantitative estimate of drug-likeness (QED) is 0.532.